The SMILES string of the molecule is CC(C)(C)c1noc(CCCC(=O)NCC(Oc2ccc(F)cc2)C(=O)O)n1. The van der Waals surface area contributed by atoms with Crippen LogP contribution in [-0.2, 0) is 21.4 Å². The third-order valence-electron chi connectivity index (χ3n) is 3.79. The molecule has 0 saturated heterocycles. The average Bonchev–Trinajstić information content (AvgIpc) is 3.09. The van der Waals surface area contributed by atoms with E-state index in [-0.39, 0.29) is 30.0 Å². The van der Waals surface area contributed by atoms with Crippen LogP contribution in [0, 0.1) is 5.82 Å². The molecule has 8 nitrogen and oxygen atoms in total. The Morgan fingerprint density at radius 1 is 1.29 bits per heavy atom. The van der Waals surface area contributed by atoms with E-state index in [4.69, 9.17) is 9.26 Å². The third-order valence-corrected chi connectivity index (χ3v) is 3.79. The van der Waals surface area contributed by atoms with Crippen molar-refractivity contribution in [3.63, 3.8) is 0 Å². The number of halogens is 1. The Labute approximate surface area is 162 Å². The fourth-order valence-corrected chi connectivity index (χ4v) is 2.21. The van der Waals surface area contributed by atoms with Gasteiger partial charge in [-0.3, -0.25) is 4.79 Å². The van der Waals surface area contributed by atoms with Crippen molar-refractivity contribution in [1.82, 2.24) is 15.5 Å². The zero-order chi connectivity index (χ0) is 20.7. The molecule has 0 fully saturated rings. The molecule has 1 heterocycles. The Kier molecular flexibility index (Phi) is 7.08. The van der Waals surface area contributed by atoms with E-state index in [1.807, 2.05) is 20.8 Å². The molecule has 28 heavy (non-hydrogen) atoms. The second kappa shape index (κ2) is 9.29. The number of carbonyl (C=O) groups excluding carboxylic acids is 1. The number of carboxylic acids is 1. The molecule has 1 amide bonds. The fraction of sp³-hybridized carbons (Fsp3) is 0.474. The van der Waals surface area contributed by atoms with Crippen molar-refractivity contribution >= 4 is 11.9 Å². The highest BCUT2D eigenvalue weighted by atomic mass is 19.1. The van der Waals surface area contributed by atoms with E-state index in [9.17, 15) is 19.1 Å². The first kappa shape index (κ1) is 21.3. The molecule has 2 N–H and O–H groups in total. The normalized spacial score (nSPS) is 12.4. The molecule has 2 rings (SSSR count). The van der Waals surface area contributed by atoms with Crippen LogP contribution in [0.1, 0.15) is 45.3 Å². The summed E-state index contributed by atoms with van der Waals surface area (Å²) in [4.78, 5) is 27.5. The second-order valence-electron chi connectivity index (χ2n) is 7.32. The molecule has 1 aromatic heterocycles. The Hall–Kier alpha value is -2.97. The van der Waals surface area contributed by atoms with Gasteiger partial charge in [0.05, 0.1) is 6.54 Å². The van der Waals surface area contributed by atoms with Crippen molar-refractivity contribution in [2.24, 2.45) is 0 Å². The Bertz CT molecular complexity index is 799. The molecular formula is C19H24FN3O5. The van der Waals surface area contributed by atoms with Crippen LogP contribution >= 0.6 is 0 Å². The predicted octanol–water partition coefficient (Wildman–Crippen LogP) is 2.48. The molecule has 9 heteroatoms. The molecule has 0 radical (unpaired) electrons. The Balaban J connectivity index is 1.76. The van der Waals surface area contributed by atoms with Gasteiger partial charge in [0.25, 0.3) is 0 Å². The van der Waals surface area contributed by atoms with E-state index in [1.54, 1.807) is 0 Å². The van der Waals surface area contributed by atoms with Gasteiger partial charge >= 0.3 is 5.97 Å². The van der Waals surface area contributed by atoms with Gasteiger partial charge in [0.1, 0.15) is 11.6 Å². The Morgan fingerprint density at radius 2 is 1.96 bits per heavy atom. The molecule has 1 atom stereocenters. The summed E-state index contributed by atoms with van der Waals surface area (Å²) in [6.07, 6.45) is -0.172. The van der Waals surface area contributed by atoms with Crippen LogP contribution in [0.5, 0.6) is 5.75 Å². The Morgan fingerprint density at radius 3 is 2.54 bits per heavy atom. The second-order valence-corrected chi connectivity index (χ2v) is 7.32. The van der Waals surface area contributed by atoms with Gasteiger partial charge in [-0.1, -0.05) is 25.9 Å². The minimum Gasteiger partial charge on any atom is -0.478 e. The largest absolute Gasteiger partial charge is 0.478 e. The summed E-state index contributed by atoms with van der Waals surface area (Å²) >= 11 is 0. The number of hydrogen-bond donors (Lipinski definition) is 2. The van der Waals surface area contributed by atoms with E-state index < -0.39 is 17.9 Å². The minimum absolute atomic E-state index is 0.177. The number of aliphatic carboxylic acids is 1. The number of amides is 1. The molecule has 0 aliphatic carbocycles. The molecule has 1 unspecified atom stereocenters. The summed E-state index contributed by atoms with van der Waals surface area (Å²) in [6.45, 7) is 5.71. The zero-order valence-electron chi connectivity index (χ0n) is 16.1. The maximum absolute atomic E-state index is 12.9. The molecule has 0 spiro atoms. The van der Waals surface area contributed by atoms with Crippen molar-refractivity contribution in [3.8, 4) is 5.75 Å². The van der Waals surface area contributed by atoms with Crippen molar-refractivity contribution in [1.29, 1.82) is 0 Å². The van der Waals surface area contributed by atoms with Gasteiger partial charge in [-0.2, -0.15) is 4.98 Å². The summed E-state index contributed by atoms with van der Waals surface area (Å²) in [5, 5.41) is 15.7. The van der Waals surface area contributed by atoms with Gasteiger partial charge in [0, 0.05) is 18.3 Å². The third kappa shape index (κ3) is 6.64. The van der Waals surface area contributed by atoms with Crippen molar-refractivity contribution in [3.05, 3.63) is 41.8 Å². The van der Waals surface area contributed by atoms with E-state index in [0.717, 1.165) is 12.1 Å². The van der Waals surface area contributed by atoms with E-state index >= 15 is 0 Å². The number of hydrogen-bond acceptors (Lipinski definition) is 6. The minimum atomic E-state index is -1.28. The summed E-state index contributed by atoms with van der Waals surface area (Å²) in [7, 11) is 0. The number of carboxylic acid groups (broad SMARTS) is 1. The van der Waals surface area contributed by atoms with Crippen LogP contribution in [0.2, 0.25) is 0 Å². The predicted molar refractivity (Wildman–Crippen MR) is 97.4 cm³/mol. The lowest BCUT2D eigenvalue weighted by molar-refractivity contribution is -0.145. The highest BCUT2D eigenvalue weighted by Gasteiger charge is 2.22. The zero-order valence-corrected chi connectivity index (χ0v) is 16.1. The lowest BCUT2D eigenvalue weighted by atomic mass is 9.96. The summed E-state index contributed by atoms with van der Waals surface area (Å²) < 4.78 is 23.3. The fourth-order valence-electron chi connectivity index (χ4n) is 2.21. The summed E-state index contributed by atoms with van der Waals surface area (Å²) in [6, 6.07) is 4.97. The van der Waals surface area contributed by atoms with Crippen LogP contribution < -0.4 is 10.1 Å². The number of aryl methyl sites for hydroxylation is 1. The maximum Gasteiger partial charge on any atom is 0.346 e. The van der Waals surface area contributed by atoms with Gasteiger partial charge in [-0.15, -0.1) is 0 Å². The monoisotopic (exact) mass is 393 g/mol. The summed E-state index contributed by atoms with van der Waals surface area (Å²) in [5.74, 6) is -0.734. The maximum atomic E-state index is 12.9. The quantitative estimate of drug-likeness (QED) is 0.672. The number of nitrogens with zero attached hydrogens (tertiary/aromatic N) is 2. The first-order valence-electron chi connectivity index (χ1n) is 8.90. The molecule has 152 valence electrons. The van der Waals surface area contributed by atoms with Crippen LogP contribution in [0.4, 0.5) is 4.39 Å². The standard InChI is InChI=1S/C19H24FN3O5/c1-19(2,3)18-22-16(28-23-18)6-4-5-15(24)21-11-14(17(25)26)27-13-9-7-12(20)8-10-13/h7-10,14H,4-6,11H2,1-3H3,(H,21,24)(H,25,26). The van der Waals surface area contributed by atoms with Gasteiger partial charge in [0.15, 0.2) is 5.82 Å². The lowest BCUT2D eigenvalue weighted by Crippen LogP contribution is -2.40. The van der Waals surface area contributed by atoms with Crippen molar-refractivity contribution < 1.29 is 28.3 Å². The average molecular weight is 393 g/mol. The molecule has 0 bridgehead atoms. The van der Waals surface area contributed by atoms with Gasteiger partial charge < -0.3 is 19.7 Å². The number of carbonyl (C=O) groups is 2. The lowest BCUT2D eigenvalue weighted by Gasteiger charge is -2.15. The number of ether oxygens (including phenoxy) is 1. The first-order chi connectivity index (χ1) is 13.1. The number of nitrogens with one attached hydrogen (secondary N) is 1. The molecule has 2 aromatic rings. The van der Waals surface area contributed by atoms with Crippen molar-refractivity contribution in [2.75, 3.05) is 6.54 Å². The molecular weight excluding hydrogens is 369 g/mol. The van der Waals surface area contributed by atoms with Crippen molar-refractivity contribution in [2.45, 2.75) is 51.6 Å². The molecule has 0 aliphatic heterocycles. The number of aromatic nitrogens is 2. The van der Waals surface area contributed by atoms with E-state index in [1.165, 1.54) is 12.1 Å². The van der Waals surface area contributed by atoms with Crippen LogP contribution in [0.15, 0.2) is 28.8 Å². The van der Waals surface area contributed by atoms with Gasteiger partial charge in [0.2, 0.25) is 17.9 Å². The van der Waals surface area contributed by atoms with Gasteiger partial charge in [-0.25, -0.2) is 9.18 Å². The van der Waals surface area contributed by atoms with Crippen LogP contribution in [0.3, 0.4) is 0 Å². The topological polar surface area (TPSA) is 115 Å². The first-order valence-corrected chi connectivity index (χ1v) is 8.90. The highest BCUT2D eigenvalue weighted by molar-refractivity contribution is 5.78. The molecule has 0 saturated carbocycles. The summed E-state index contributed by atoms with van der Waals surface area (Å²) in [5.41, 5.74) is -0.213. The van der Waals surface area contributed by atoms with Crippen LogP contribution in [0.25, 0.3) is 0 Å². The van der Waals surface area contributed by atoms with Crippen LogP contribution in [-0.4, -0.2) is 39.8 Å². The smallest absolute Gasteiger partial charge is 0.346 e. The van der Waals surface area contributed by atoms with E-state index in [0.29, 0.717) is 24.6 Å². The molecule has 0 aliphatic rings. The highest BCUT2D eigenvalue weighted by Crippen LogP contribution is 2.19. The molecule has 1 aromatic carbocycles. The van der Waals surface area contributed by atoms with Gasteiger partial charge in [-0.05, 0) is 30.7 Å². The number of rotatable bonds is 9. The van der Waals surface area contributed by atoms with E-state index in [2.05, 4.69) is 15.5 Å². The number of benzene rings is 1.